The summed E-state index contributed by atoms with van der Waals surface area (Å²) in [6.45, 7) is 12.7. The molecule has 3 nitrogen and oxygen atoms in total. The number of hydrogen-bond acceptors (Lipinski definition) is 2. The van der Waals surface area contributed by atoms with Crippen LogP contribution in [-0.2, 0) is 4.79 Å². The van der Waals surface area contributed by atoms with Crippen molar-refractivity contribution in [2.75, 3.05) is 0 Å². The lowest BCUT2D eigenvalue weighted by molar-refractivity contribution is -0.133. The van der Waals surface area contributed by atoms with Gasteiger partial charge in [0.15, 0.2) is 0 Å². The molecule has 3 atom stereocenters. The first kappa shape index (κ1) is 12.5. The van der Waals surface area contributed by atoms with Gasteiger partial charge in [-0.25, -0.2) is 0 Å². The summed E-state index contributed by atoms with van der Waals surface area (Å²) in [5.41, 5.74) is 0.134. The van der Waals surface area contributed by atoms with Crippen molar-refractivity contribution in [2.24, 2.45) is 5.41 Å². The van der Waals surface area contributed by atoms with Crippen molar-refractivity contribution in [3.63, 3.8) is 0 Å². The predicted molar refractivity (Wildman–Crippen MR) is 62.4 cm³/mol. The first-order chi connectivity index (χ1) is 6.79. The molecule has 1 saturated heterocycles. The molecule has 1 aliphatic heterocycles. The smallest absolute Gasteiger partial charge is 0.240 e. The van der Waals surface area contributed by atoms with E-state index in [0.717, 1.165) is 6.42 Å². The van der Waals surface area contributed by atoms with E-state index in [1.807, 2.05) is 11.8 Å². The third-order valence-corrected chi connectivity index (χ3v) is 3.46. The molecule has 0 aromatic heterocycles. The Labute approximate surface area is 93.2 Å². The van der Waals surface area contributed by atoms with Gasteiger partial charge in [-0.3, -0.25) is 10.1 Å². The van der Waals surface area contributed by atoms with Gasteiger partial charge in [0, 0.05) is 6.04 Å². The Balaban J connectivity index is 2.87. The maximum Gasteiger partial charge on any atom is 0.240 e. The lowest BCUT2D eigenvalue weighted by Crippen LogP contribution is -2.48. The highest BCUT2D eigenvalue weighted by Crippen LogP contribution is 2.28. The molecule has 1 rings (SSSR count). The molecule has 1 heterocycles. The van der Waals surface area contributed by atoms with Gasteiger partial charge in [0.2, 0.25) is 5.91 Å². The lowest BCUT2D eigenvalue weighted by atomic mass is 9.86. The molecule has 0 aromatic carbocycles. The Morgan fingerprint density at radius 3 is 2.40 bits per heavy atom. The van der Waals surface area contributed by atoms with E-state index < -0.39 is 0 Å². The number of nitrogens with one attached hydrogen (secondary N) is 1. The number of carbonyl (C=O) groups is 1. The number of amides is 1. The molecule has 1 amide bonds. The van der Waals surface area contributed by atoms with Crippen LogP contribution in [0.25, 0.3) is 0 Å². The molecule has 1 aliphatic rings. The van der Waals surface area contributed by atoms with Crippen LogP contribution in [0.4, 0.5) is 0 Å². The van der Waals surface area contributed by atoms with E-state index in [4.69, 9.17) is 0 Å². The minimum absolute atomic E-state index is 0.0280. The highest BCUT2D eigenvalue weighted by molar-refractivity contribution is 5.84. The zero-order chi connectivity index (χ0) is 11.8. The molecule has 0 bridgehead atoms. The number of hydrogen-bond donors (Lipinski definition) is 1. The van der Waals surface area contributed by atoms with Crippen LogP contribution in [-0.4, -0.2) is 29.1 Å². The fraction of sp³-hybridized carbons (Fsp3) is 0.917. The minimum atomic E-state index is -0.0280. The van der Waals surface area contributed by atoms with Crippen molar-refractivity contribution in [1.29, 1.82) is 0 Å². The van der Waals surface area contributed by atoms with Crippen LogP contribution < -0.4 is 5.32 Å². The average molecular weight is 212 g/mol. The topological polar surface area (TPSA) is 32.3 Å². The van der Waals surface area contributed by atoms with E-state index in [9.17, 15) is 4.79 Å². The van der Waals surface area contributed by atoms with Gasteiger partial charge in [-0.05, 0) is 25.7 Å². The van der Waals surface area contributed by atoms with Crippen LogP contribution in [0.15, 0.2) is 0 Å². The molecular weight excluding hydrogens is 188 g/mol. The first-order valence-electron chi connectivity index (χ1n) is 5.87. The second kappa shape index (κ2) is 4.12. The zero-order valence-electron chi connectivity index (χ0n) is 10.8. The summed E-state index contributed by atoms with van der Waals surface area (Å²) in [7, 11) is 0. The van der Waals surface area contributed by atoms with Crippen molar-refractivity contribution < 1.29 is 4.79 Å². The molecule has 15 heavy (non-hydrogen) atoms. The monoisotopic (exact) mass is 212 g/mol. The van der Waals surface area contributed by atoms with Crippen LogP contribution in [0.1, 0.15) is 48.0 Å². The largest absolute Gasteiger partial charge is 0.323 e. The molecule has 1 fully saturated rings. The summed E-state index contributed by atoms with van der Waals surface area (Å²) in [6.07, 6.45) is 1.18. The summed E-state index contributed by atoms with van der Waals surface area (Å²) in [5.74, 6) is 0.240. The van der Waals surface area contributed by atoms with E-state index >= 15 is 0 Å². The molecule has 3 heteroatoms. The van der Waals surface area contributed by atoms with Gasteiger partial charge in [-0.1, -0.05) is 27.7 Å². The Kier molecular flexibility index (Phi) is 3.44. The molecule has 0 aromatic rings. The molecule has 0 radical (unpaired) electrons. The predicted octanol–water partition coefficient (Wildman–Crippen LogP) is 1.98. The first-order valence-corrected chi connectivity index (χ1v) is 5.87. The third-order valence-electron chi connectivity index (χ3n) is 3.46. The maximum atomic E-state index is 12.0. The summed E-state index contributed by atoms with van der Waals surface area (Å²) in [4.78, 5) is 14.0. The molecule has 3 unspecified atom stereocenters. The van der Waals surface area contributed by atoms with Gasteiger partial charge in [0.25, 0.3) is 0 Å². The number of rotatable bonds is 2. The van der Waals surface area contributed by atoms with E-state index in [1.54, 1.807) is 0 Å². The van der Waals surface area contributed by atoms with Crippen molar-refractivity contribution in [2.45, 2.75) is 66.2 Å². The third kappa shape index (κ3) is 2.33. The standard InChI is InChI=1S/C12H24N2O/c1-7-10-13-8(2)11(15)14(10)9(3)12(4,5)6/h8-10,13H,7H2,1-6H3. The maximum absolute atomic E-state index is 12.0. The fourth-order valence-electron chi connectivity index (χ4n) is 2.01. The van der Waals surface area contributed by atoms with Gasteiger partial charge >= 0.3 is 0 Å². The second-order valence-electron chi connectivity index (χ2n) is 5.60. The van der Waals surface area contributed by atoms with Crippen molar-refractivity contribution >= 4 is 5.91 Å². The van der Waals surface area contributed by atoms with Crippen LogP contribution in [0.3, 0.4) is 0 Å². The van der Waals surface area contributed by atoms with E-state index in [-0.39, 0.29) is 29.6 Å². The highest BCUT2D eigenvalue weighted by Gasteiger charge is 2.41. The van der Waals surface area contributed by atoms with Gasteiger partial charge in [-0.2, -0.15) is 0 Å². The zero-order valence-corrected chi connectivity index (χ0v) is 10.8. The summed E-state index contributed by atoms with van der Waals surface area (Å²) in [5, 5.41) is 3.33. The van der Waals surface area contributed by atoms with Gasteiger partial charge in [0.05, 0.1) is 12.2 Å². The molecular formula is C12H24N2O. The molecule has 88 valence electrons. The molecule has 0 aliphatic carbocycles. The SMILES string of the molecule is CCC1NC(C)C(=O)N1C(C)C(C)(C)C. The quantitative estimate of drug-likeness (QED) is 0.759. The summed E-state index contributed by atoms with van der Waals surface area (Å²) in [6, 6.07) is 0.243. The Hall–Kier alpha value is -0.570. The summed E-state index contributed by atoms with van der Waals surface area (Å²) >= 11 is 0. The van der Waals surface area contributed by atoms with E-state index in [2.05, 4.69) is 39.9 Å². The van der Waals surface area contributed by atoms with Crippen LogP contribution in [0.5, 0.6) is 0 Å². The van der Waals surface area contributed by atoms with Crippen LogP contribution >= 0.6 is 0 Å². The van der Waals surface area contributed by atoms with Crippen LogP contribution in [0.2, 0.25) is 0 Å². The fourth-order valence-corrected chi connectivity index (χ4v) is 2.01. The second-order valence-corrected chi connectivity index (χ2v) is 5.60. The van der Waals surface area contributed by atoms with Crippen LogP contribution in [0, 0.1) is 5.41 Å². The lowest BCUT2D eigenvalue weighted by Gasteiger charge is -2.38. The molecule has 0 saturated carbocycles. The Morgan fingerprint density at radius 2 is 2.00 bits per heavy atom. The van der Waals surface area contributed by atoms with E-state index in [0.29, 0.717) is 0 Å². The van der Waals surface area contributed by atoms with Crippen molar-refractivity contribution in [3.8, 4) is 0 Å². The molecule has 0 spiro atoms. The number of nitrogens with zero attached hydrogens (tertiary/aromatic N) is 1. The van der Waals surface area contributed by atoms with Gasteiger partial charge in [0.1, 0.15) is 0 Å². The minimum Gasteiger partial charge on any atom is -0.323 e. The Bertz CT molecular complexity index is 244. The number of carbonyl (C=O) groups excluding carboxylic acids is 1. The highest BCUT2D eigenvalue weighted by atomic mass is 16.2. The normalized spacial score (nSPS) is 29.7. The van der Waals surface area contributed by atoms with Gasteiger partial charge in [-0.15, -0.1) is 0 Å². The Morgan fingerprint density at radius 1 is 1.47 bits per heavy atom. The van der Waals surface area contributed by atoms with E-state index in [1.165, 1.54) is 0 Å². The van der Waals surface area contributed by atoms with Gasteiger partial charge < -0.3 is 4.90 Å². The average Bonchev–Trinajstić information content (AvgIpc) is 2.40. The van der Waals surface area contributed by atoms with Crippen molar-refractivity contribution in [1.82, 2.24) is 10.2 Å². The summed E-state index contributed by atoms with van der Waals surface area (Å²) < 4.78 is 0. The van der Waals surface area contributed by atoms with Crippen molar-refractivity contribution in [3.05, 3.63) is 0 Å². The molecule has 1 N–H and O–H groups in total.